The van der Waals surface area contributed by atoms with Crippen LogP contribution in [0.4, 0.5) is 0 Å². The SMILES string of the molecule is N#C[B][P+](Cl)(Cl)Cl. The van der Waals surface area contributed by atoms with Crippen molar-refractivity contribution in [2.24, 2.45) is 0 Å². The van der Waals surface area contributed by atoms with Crippen molar-refractivity contribution in [2.75, 3.05) is 0 Å². The van der Waals surface area contributed by atoms with E-state index in [0.29, 0.717) is 0 Å². The molecular formula is CBCl3NP+. The predicted molar refractivity (Wildman–Crippen MR) is 35.8 cm³/mol. The average molecular weight is 174 g/mol. The summed E-state index contributed by atoms with van der Waals surface area (Å²) in [7, 11) is 0. The largest absolute Gasteiger partial charge is 0.545 e. The summed E-state index contributed by atoms with van der Waals surface area (Å²) in [6, 6.07) is 0. The first-order chi connectivity index (χ1) is 3.06. The topological polar surface area (TPSA) is 23.8 Å². The second kappa shape index (κ2) is 3.00. The Hall–Kier alpha value is 0.855. The van der Waals surface area contributed by atoms with E-state index in [2.05, 4.69) is 0 Å². The van der Waals surface area contributed by atoms with E-state index in [-0.39, 0.29) is 0 Å². The number of hydrogen-bond acceptors (Lipinski definition) is 1. The van der Waals surface area contributed by atoms with Gasteiger partial charge in [0.2, 0.25) is 0 Å². The molecule has 0 heterocycles. The van der Waals surface area contributed by atoms with Crippen LogP contribution >= 0.6 is 38.9 Å². The molecule has 37 valence electrons. The molecule has 0 aromatic carbocycles. The van der Waals surface area contributed by atoms with Crippen LogP contribution in [0.5, 0.6) is 0 Å². The fourth-order valence-electron chi connectivity index (χ4n) is 0.0655. The number of nitriles is 1. The molecule has 0 atom stereocenters. The van der Waals surface area contributed by atoms with E-state index in [1.807, 2.05) is 0 Å². The van der Waals surface area contributed by atoms with E-state index < -0.39 is 5.20 Å². The number of hydrogen-bond donors (Lipinski definition) is 0. The number of nitrogens with zero attached hydrogens (tertiary/aromatic N) is 1. The van der Waals surface area contributed by atoms with Crippen molar-refractivity contribution in [1.29, 1.82) is 5.26 Å². The van der Waals surface area contributed by atoms with Crippen LogP contribution in [0.25, 0.3) is 0 Å². The van der Waals surface area contributed by atoms with Gasteiger partial charge in [-0.3, -0.25) is 0 Å². The monoisotopic (exact) mass is 173 g/mol. The lowest BCUT2D eigenvalue weighted by atomic mass is 10.2. The molecule has 0 aliphatic rings. The van der Waals surface area contributed by atoms with Crippen LogP contribution in [-0.2, 0) is 0 Å². The van der Waals surface area contributed by atoms with Crippen molar-refractivity contribution < 1.29 is 0 Å². The third-order valence-corrected chi connectivity index (χ3v) is 1.49. The molecule has 0 aromatic rings. The van der Waals surface area contributed by atoms with Gasteiger partial charge in [-0.2, -0.15) is 0 Å². The zero-order valence-electron chi connectivity index (χ0n) is 3.11. The minimum atomic E-state index is -2.49. The van der Waals surface area contributed by atoms with Gasteiger partial charge >= 0.3 is 7.00 Å². The quantitative estimate of drug-likeness (QED) is 0.442. The molecule has 1 nitrogen and oxygen atoms in total. The predicted octanol–water partition coefficient (Wildman–Crippen LogP) is 2.57. The Kier molecular flexibility index (Phi) is 3.36. The van der Waals surface area contributed by atoms with Gasteiger partial charge in [-0.1, -0.05) is 0 Å². The normalized spacial score (nSPS) is 10.0. The Labute approximate surface area is 57.4 Å². The highest BCUT2D eigenvalue weighted by Gasteiger charge is 2.36. The van der Waals surface area contributed by atoms with Gasteiger partial charge in [0.25, 0.3) is 5.20 Å². The fraction of sp³-hybridized carbons (Fsp3) is 0. The van der Waals surface area contributed by atoms with Gasteiger partial charge in [-0.05, 0) is 0 Å². The third kappa shape index (κ3) is 6.85. The molecule has 0 aliphatic carbocycles. The molecule has 7 heavy (non-hydrogen) atoms. The summed E-state index contributed by atoms with van der Waals surface area (Å²) in [5.41, 5.74) is 0. The van der Waals surface area contributed by atoms with E-state index in [4.69, 9.17) is 39.0 Å². The standard InChI is InChI=1S/CBCl3NP/c3-7(4,5)2-1-6/q+1. The zero-order valence-corrected chi connectivity index (χ0v) is 6.27. The molecule has 0 N–H and O–H groups in total. The zero-order chi connectivity index (χ0) is 5.91. The molecule has 0 amide bonds. The number of rotatable bonds is 1. The Bertz CT molecular complexity index is 92.1. The summed E-state index contributed by atoms with van der Waals surface area (Å²) in [5, 5.41) is 5.39. The Morgan fingerprint density at radius 2 is 1.86 bits per heavy atom. The Morgan fingerprint density at radius 1 is 1.43 bits per heavy atom. The summed E-state index contributed by atoms with van der Waals surface area (Å²) in [6.07, 6.45) is 0. The van der Waals surface area contributed by atoms with Crippen LogP contribution < -0.4 is 0 Å². The van der Waals surface area contributed by atoms with Crippen LogP contribution in [0, 0.1) is 11.2 Å². The molecule has 0 fully saturated rings. The van der Waals surface area contributed by atoms with Gasteiger partial charge in [0.15, 0.2) is 0 Å². The highest BCUT2D eigenvalue weighted by molar-refractivity contribution is 8.47. The molecule has 0 saturated heterocycles. The summed E-state index contributed by atoms with van der Waals surface area (Å²) in [4.78, 5) is 0. The average Bonchev–Trinajstić information content (AvgIpc) is 1.30. The first kappa shape index (κ1) is 7.85. The number of halogens is 3. The maximum atomic E-state index is 7.87. The fourth-order valence-corrected chi connectivity index (χ4v) is 0.589. The van der Waals surface area contributed by atoms with Crippen molar-refractivity contribution >= 4 is 45.9 Å². The van der Waals surface area contributed by atoms with Crippen molar-refractivity contribution in [3.05, 3.63) is 0 Å². The molecule has 0 aromatic heterocycles. The van der Waals surface area contributed by atoms with Crippen molar-refractivity contribution in [2.45, 2.75) is 0 Å². The second-order valence-corrected chi connectivity index (χ2v) is 8.33. The third-order valence-electron chi connectivity index (χ3n) is 0.204. The van der Waals surface area contributed by atoms with E-state index in [1.54, 1.807) is 5.97 Å². The molecule has 0 unspecified atom stereocenters. The van der Waals surface area contributed by atoms with Gasteiger partial charge in [0.1, 0.15) is 33.7 Å². The maximum absolute atomic E-state index is 7.87. The highest BCUT2D eigenvalue weighted by Crippen LogP contribution is 2.71. The van der Waals surface area contributed by atoms with Crippen LogP contribution in [0.1, 0.15) is 0 Å². The lowest BCUT2D eigenvalue weighted by Gasteiger charge is -1.83. The van der Waals surface area contributed by atoms with E-state index in [0.717, 1.165) is 7.00 Å². The van der Waals surface area contributed by atoms with Crippen molar-refractivity contribution in [3.63, 3.8) is 0 Å². The van der Waals surface area contributed by atoms with Crippen molar-refractivity contribution in [3.8, 4) is 5.97 Å². The lowest BCUT2D eigenvalue weighted by Crippen LogP contribution is -1.75. The first-order valence-corrected chi connectivity index (χ1v) is 5.85. The lowest BCUT2D eigenvalue weighted by molar-refractivity contribution is 1.56. The van der Waals surface area contributed by atoms with Gasteiger partial charge < -0.3 is 0 Å². The molecule has 0 spiro atoms. The summed E-state index contributed by atoms with van der Waals surface area (Å²) >= 11 is 15.6. The first-order valence-electron chi connectivity index (χ1n) is 1.28. The van der Waals surface area contributed by atoms with Gasteiger partial charge in [0, 0.05) is 0 Å². The summed E-state index contributed by atoms with van der Waals surface area (Å²) < 4.78 is 0. The molecule has 0 aliphatic heterocycles. The van der Waals surface area contributed by atoms with E-state index >= 15 is 0 Å². The highest BCUT2D eigenvalue weighted by atomic mass is 36.1. The van der Waals surface area contributed by atoms with Gasteiger partial charge in [-0.25, -0.2) is 5.26 Å². The summed E-state index contributed by atoms with van der Waals surface area (Å²) in [5.74, 6) is 1.64. The molecule has 0 bridgehead atoms. The second-order valence-electron chi connectivity index (χ2n) is 0.743. The Morgan fingerprint density at radius 3 is 1.86 bits per heavy atom. The van der Waals surface area contributed by atoms with Crippen LogP contribution in [0.15, 0.2) is 0 Å². The molecule has 0 saturated carbocycles. The van der Waals surface area contributed by atoms with Crippen LogP contribution in [0.3, 0.4) is 0 Å². The smallest absolute Gasteiger partial charge is 0.207 e. The van der Waals surface area contributed by atoms with Gasteiger partial charge in [0.05, 0.1) is 5.97 Å². The van der Waals surface area contributed by atoms with Crippen LogP contribution in [-0.4, -0.2) is 7.00 Å². The molecular weight excluding hydrogens is 174 g/mol. The molecule has 6 heteroatoms. The minimum Gasteiger partial charge on any atom is -0.207 e. The van der Waals surface area contributed by atoms with E-state index in [1.165, 1.54) is 0 Å². The summed E-state index contributed by atoms with van der Waals surface area (Å²) in [6.45, 7) is 1.03. The molecule has 0 rings (SSSR count). The maximum Gasteiger partial charge on any atom is 0.545 e. The molecule has 1 radical (unpaired) electrons. The Balaban J connectivity index is 3.40. The van der Waals surface area contributed by atoms with E-state index in [9.17, 15) is 0 Å². The van der Waals surface area contributed by atoms with Crippen LogP contribution in [0.2, 0.25) is 0 Å². The van der Waals surface area contributed by atoms with Gasteiger partial charge in [-0.15, -0.1) is 0 Å². The minimum absolute atomic E-state index is 1.03. The van der Waals surface area contributed by atoms with Crippen molar-refractivity contribution in [1.82, 2.24) is 0 Å².